The van der Waals surface area contributed by atoms with Crippen LogP contribution in [0.1, 0.15) is 38.1 Å². The summed E-state index contributed by atoms with van der Waals surface area (Å²) in [6.07, 6.45) is 3.57. The molecular formula is C13H22N4O2. The van der Waals surface area contributed by atoms with Crippen molar-refractivity contribution in [3.05, 3.63) is 17.7 Å². The van der Waals surface area contributed by atoms with E-state index in [4.69, 9.17) is 0 Å². The maximum absolute atomic E-state index is 12.2. The van der Waals surface area contributed by atoms with Gasteiger partial charge in [-0.05, 0) is 19.8 Å². The van der Waals surface area contributed by atoms with E-state index in [-0.39, 0.29) is 18.7 Å². The molecule has 0 radical (unpaired) electrons. The molecule has 1 aliphatic rings. The van der Waals surface area contributed by atoms with Crippen LogP contribution >= 0.6 is 0 Å². The Morgan fingerprint density at radius 3 is 3.05 bits per heavy atom. The summed E-state index contributed by atoms with van der Waals surface area (Å²) in [7, 11) is 0. The number of rotatable bonds is 3. The van der Waals surface area contributed by atoms with Crippen LogP contribution in [0.2, 0.25) is 0 Å². The van der Waals surface area contributed by atoms with Gasteiger partial charge in [-0.3, -0.25) is 0 Å². The first-order valence-corrected chi connectivity index (χ1v) is 6.84. The second-order valence-corrected chi connectivity index (χ2v) is 5.02. The summed E-state index contributed by atoms with van der Waals surface area (Å²) in [4.78, 5) is 18.2. The monoisotopic (exact) mass is 266 g/mol. The van der Waals surface area contributed by atoms with E-state index in [9.17, 15) is 9.90 Å². The maximum atomic E-state index is 12.2. The SMILES string of the molecule is CC[C@@H](C)NC(=O)N1CCCn2cnc(CO)c2C1. The van der Waals surface area contributed by atoms with Crippen LogP contribution in [-0.4, -0.2) is 38.2 Å². The van der Waals surface area contributed by atoms with Gasteiger partial charge in [-0.25, -0.2) is 9.78 Å². The zero-order chi connectivity index (χ0) is 13.8. The highest BCUT2D eigenvalue weighted by Gasteiger charge is 2.22. The molecule has 0 aromatic carbocycles. The lowest BCUT2D eigenvalue weighted by atomic mass is 10.2. The summed E-state index contributed by atoms with van der Waals surface area (Å²) < 4.78 is 2.03. The predicted octanol–water partition coefficient (Wildman–Crippen LogP) is 1.09. The molecule has 0 bridgehead atoms. The highest BCUT2D eigenvalue weighted by molar-refractivity contribution is 5.74. The first-order valence-electron chi connectivity index (χ1n) is 6.84. The Morgan fingerprint density at radius 2 is 2.37 bits per heavy atom. The van der Waals surface area contributed by atoms with Gasteiger partial charge in [-0.15, -0.1) is 0 Å². The number of aliphatic hydroxyl groups is 1. The number of amides is 2. The Morgan fingerprint density at radius 1 is 1.58 bits per heavy atom. The molecule has 6 heteroatoms. The van der Waals surface area contributed by atoms with Gasteiger partial charge in [0.2, 0.25) is 0 Å². The minimum absolute atomic E-state index is 0.0344. The summed E-state index contributed by atoms with van der Waals surface area (Å²) >= 11 is 0. The number of hydrogen-bond acceptors (Lipinski definition) is 3. The van der Waals surface area contributed by atoms with E-state index in [0.29, 0.717) is 12.2 Å². The number of nitrogens with zero attached hydrogens (tertiary/aromatic N) is 3. The van der Waals surface area contributed by atoms with Crippen LogP contribution in [-0.2, 0) is 19.7 Å². The van der Waals surface area contributed by atoms with Gasteiger partial charge >= 0.3 is 6.03 Å². The molecule has 0 fully saturated rings. The smallest absolute Gasteiger partial charge is 0.317 e. The molecule has 1 atom stereocenters. The molecule has 1 aliphatic heterocycles. The Hall–Kier alpha value is -1.56. The van der Waals surface area contributed by atoms with Gasteiger partial charge in [0.15, 0.2) is 0 Å². The maximum Gasteiger partial charge on any atom is 0.317 e. The summed E-state index contributed by atoms with van der Waals surface area (Å²) in [5, 5.41) is 12.3. The largest absolute Gasteiger partial charge is 0.390 e. The second-order valence-electron chi connectivity index (χ2n) is 5.02. The Labute approximate surface area is 113 Å². The lowest BCUT2D eigenvalue weighted by Crippen LogP contribution is -2.43. The standard InChI is InChI=1S/C13H22N4O2/c1-3-10(2)15-13(19)16-5-4-6-17-9-14-11(8-18)12(17)7-16/h9-10,18H,3-8H2,1-2H3,(H,15,19)/t10-/m1/s1. The molecule has 6 nitrogen and oxygen atoms in total. The van der Waals surface area contributed by atoms with Crippen molar-refractivity contribution < 1.29 is 9.90 Å². The average Bonchev–Trinajstić information content (AvgIpc) is 2.66. The van der Waals surface area contributed by atoms with Crippen molar-refractivity contribution in [2.75, 3.05) is 6.54 Å². The molecule has 2 N–H and O–H groups in total. The first kappa shape index (κ1) is 13.9. The number of nitrogens with one attached hydrogen (secondary N) is 1. The van der Waals surface area contributed by atoms with Crippen LogP contribution in [0.25, 0.3) is 0 Å². The van der Waals surface area contributed by atoms with E-state index >= 15 is 0 Å². The fourth-order valence-corrected chi connectivity index (χ4v) is 2.23. The number of urea groups is 1. The van der Waals surface area contributed by atoms with Crippen molar-refractivity contribution in [2.45, 2.75) is 52.4 Å². The van der Waals surface area contributed by atoms with Gasteiger partial charge in [-0.2, -0.15) is 0 Å². The van der Waals surface area contributed by atoms with Crippen molar-refractivity contribution in [1.82, 2.24) is 19.8 Å². The van der Waals surface area contributed by atoms with Crippen molar-refractivity contribution in [3.8, 4) is 0 Å². The number of imidazole rings is 1. The van der Waals surface area contributed by atoms with E-state index in [0.717, 1.165) is 31.6 Å². The number of aliphatic hydroxyl groups excluding tert-OH is 1. The van der Waals surface area contributed by atoms with Crippen molar-refractivity contribution >= 4 is 6.03 Å². The van der Waals surface area contributed by atoms with E-state index in [1.165, 1.54) is 0 Å². The van der Waals surface area contributed by atoms with Crippen molar-refractivity contribution in [1.29, 1.82) is 0 Å². The Bertz CT molecular complexity index is 444. The molecule has 2 rings (SSSR count). The summed E-state index contributed by atoms with van der Waals surface area (Å²) in [5.41, 5.74) is 1.61. The van der Waals surface area contributed by atoms with E-state index in [1.807, 2.05) is 18.4 Å². The summed E-state index contributed by atoms with van der Waals surface area (Å²) in [5.74, 6) is 0. The Kier molecular flexibility index (Phi) is 4.42. The van der Waals surface area contributed by atoms with Crippen molar-refractivity contribution in [2.24, 2.45) is 0 Å². The fourth-order valence-electron chi connectivity index (χ4n) is 2.23. The number of aryl methyl sites for hydroxylation is 1. The highest BCUT2D eigenvalue weighted by Crippen LogP contribution is 2.16. The van der Waals surface area contributed by atoms with Gasteiger partial charge in [-0.1, -0.05) is 6.92 Å². The molecule has 19 heavy (non-hydrogen) atoms. The first-order chi connectivity index (χ1) is 9.15. The average molecular weight is 266 g/mol. The number of carbonyl (C=O) groups is 1. The van der Waals surface area contributed by atoms with Gasteiger partial charge < -0.3 is 19.9 Å². The quantitative estimate of drug-likeness (QED) is 0.860. The molecule has 0 saturated heterocycles. The molecular weight excluding hydrogens is 244 g/mol. The highest BCUT2D eigenvalue weighted by atomic mass is 16.3. The van der Waals surface area contributed by atoms with Gasteiger partial charge in [0, 0.05) is 19.1 Å². The van der Waals surface area contributed by atoms with Crippen LogP contribution in [0.4, 0.5) is 4.79 Å². The molecule has 0 unspecified atom stereocenters. The van der Waals surface area contributed by atoms with E-state index in [1.54, 1.807) is 11.2 Å². The molecule has 2 heterocycles. The van der Waals surface area contributed by atoms with Crippen molar-refractivity contribution in [3.63, 3.8) is 0 Å². The lowest BCUT2D eigenvalue weighted by Gasteiger charge is -2.23. The molecule has 106 valence electrons. The molecule has 2 amide bonds. The van der Waals surface area contributed by atoms with Crippen LogP contribution in [0.3, 0.4) is 0 Å². The third kappa shape index (κ3) is 3.07. The third-order valence-corrected chi connectivity index (χ3v) is 3.62. The number of aromatic nitrogens is 2. The molecule has 1 aromatic rings. The zero-order valence-corrected chi connectivity index (χ0v) is 11.6. The number of fused-ring (bicyclic) bond motifs is 1. The zero-order valence-electron chi connectivity index (χ0n) is 11.6. The minimum Gasteiger partial charge on any atom is -0.390 e. The molecule has 0 spiro atoms. The predicted molar refractivity (Wildman–Crippen MR) is 71.5 cm³/mol. The fraction of sp³-hybridized carbons (Fsp3) is 0.692. The normalized spacial score (nSPS) is 16.7. The molecule has 0 aliphatic carbocycles. The van der Waals surface area contributed by atoms with E-state index in [2.05, 4.69) is 10.3 Å². The van der Waals surface area contributed by atoms with Crippen LogP contribution in [0.5, 0.6) is 0 Å². The van der Waals surface area contributed by atoms with Gasteiger partial charge in [0.25, 0.3) is 0 Å². The third-order valence-electron chi connectivity index (χ3n) is 3.62. The Balaban J connectivity index is 2.10. The molecule has 1 aromatic heterocycles. The summed E-state index contributed by atoms with van der Waals surface area (Å²) in [6, 6.07) is 0.144. The topological polar surface area (TPSA) is 70.4 Å². The van der Waals surface area contributed by atoms with Gasteiger partial charge in [0.1, 0.15) is 0 Å². The summed E-state index contributed by atoms with van der Waals surface area (Å²) in [6.45, 7) is 6.05. The number of hydrogen-bond donors (Lipinski definition) is 2. The van der Waals surface area contributed by atoms with Crippen LogP contribution < -0.4 is 5.32 Å². The number of carbonyl (C=O) groups excluding carboxylic acids is 1. The lowest BCUT2D eigenvalue weighted by molar-refractivity contribution is 0.191. The van der Waals surface area contributed by atoms with Gasteiger partial charge in [0.05, 0.1) is 30.9 Å². The van der Waals surface area contributed by atoms with Crippen LogP contribution in [0.15, 0.2) is 6.33 Å². The molecule has 0 saturated carbocycles. The van der Waals surface area contributed by atoms with Crippen LogP contribution in [0, 0.1) is 0 Å². The second kappa shape index (κ2) is 6.06. The minimum atomic E-state index is -0.0802. The van der Waals surface area contributed by atoms with E-state index < -0.39 is 0 Å².